The summed E-state index contributed by atoms with van der Waals surface area (Å²) in [5.74, 6) is -4.55. The Morgan fingerprint density at radius 2 is 1.83 bits per heavy atom. The number of hydrogen-bond acceptors (Lipinski definition) is 5. The van der Waals surface area contributed by atoms with Crippen LogP contribution in [0.2, 0.25) is 0 Å². The van der Waals surface area contributed by atoms with Gasteiger partial charge in [-0.05, 0) is 23.9 Å². The number of rotatable bonds is 6. The Kier molecular flexibility index (Phi) is 5.64. The summed E-state index contributed by atoms with van der Waals surface area (Å²) in [5, 5.41) is -0.177. The van der Waals surface area contributed by atoms with Gasteiger partial charge in [-0.2, -0.15) is 8.78 Å². The molecule has 1 aromatic carbocycles. The molecule has 0 aliphatic heterocycles. The highest BCUT2D eigenvalue weighted by Gasteiger charge is 2.25. The highest BCUT2D eigenvalue weighted by molar-refractivity contribution is 7.99. The van der Waals surface area contributed by atoms with Gasteiger partial charge in [0.05, 0.1) is 5.56 Å². The predicted octanol–water partition coefficient (Wildman–Crippen LogP) is 2.78. The predicted molar refractivity (Wildman–Crippen MR) is 79.9 cm³/mol. The van der Waals surface area contributed by atoms with E-state index in [2.05, 4.69) is 4.98 Å². The molecule has 0 spiro atoms. The standard InChI is InChI=1S/C15H12F2N2O3S/c16-15(17)23-13-10(7-4-8-19-13)14(21)22-11(12(18)20)9-5-2-1-3-6-9/h1-8,11,15H,(H2,18,20). The van der Waals surface area contributed by atoms with Crippen LogP contribution in [-0.2, 0) is 9.53 Å². The molecular weight excluding hydrogens is 326 g/mol. The van der Waals surface area contributed by atoms with Crippen molar-refractivity contribution in [2.45, 2.75) is 16.9 Å². The molecule has 0 aliphatic carbocycles. The van der Waals surface area contributed by atoms with Crippen LogP contribution in [0.25, 0.3) is 0 Å². The summed E-state index contributed by atoms with van der Waals surface area (Å²) < 4.78 is 30.1. The van der Waals surface area contributed by atoms with E-state index in [1.807, 2.05) is 0 Å². The lowest BCUT2D eigenvalue weighted by molar-refractivity contribution is -0.127. The normalized spacial score (nSPS) is 12.0. The van der Waals surface area contributed by atoms with Crippen molar-refractivity contribution in [2.75, 3.05) is 0 Å². The summed E-state index contributed by atoms with van der Waals surface area (Å²) in [6.07, 6.45) is -0.0298. The topological polar surface area (TPSA) is 82.3 Å². The van der Waals surface area contributed by atoms with Crippen molar-refractivity contribution in [3.8, 4) is 0 Å². The molecule has 0 radical (unpaired) electrons. The van der Waals surface area contributed by atoms with Gasteiger partial charge in [-0.3, -0.25) is 4.79 Å². The number of benzene rings is 1. The van der Waals surface area contributed by atoms with Gasteiger partial charge < -0.3 is 10.5 Å². The Labute approximate surface area is 134 Å². The molecule has 5 nitrogen and oxygen atoms in total. The maximum Gasteiger partial charge on any atom is 0.342 e. The average molecular weight is 338 g/mol. The first-order valence-electron chi connectivity index (χ1n) is 6.44. The number of nitrogens with zero attached hydrogens (tertiary/aromatic N) is 1. The van der Waals surface area contributed by atoms with Crippen LogP contribution in [0.5, 0.6) is 0 Å². The molecule has 1 heterocycles. The molecule has 1 atom stereocenters. The third kappa shape index (κ3) is 4.49. The van der Waals surface area contributed by atoms with E-state index < -0.39 is 23.7 Å². The molecular formula is C15H12F2N2O3S. The summed E-state index contributed by atoms with van der Waals surface area (Å²) in [5.41, 5.74) is 5.49. The quantitative estimate of drug-likeness (QED) is 0.647. The number of nitrogens with two attached hydrogens (primary N) is 1. The maximum atomic E-state index is 12.5. The SMILES string of the molecule is NC(=O)C(OC(=O)c1cccnc1SC(F)F)c1ccccc1. The van der Waals surface area contributed by atoms with E-state index in [9.17, 15) is 18.4 Å². The molecule has 1 amide bonds. The smallest absolute Gasteiger partial charge is 0.342 e. The van der Waals surface area contributed by atoms with Gasteiger partial charge in [0.2, 0.25) is 6.10 Å². The minimum Gasteiger partial charge on any atom is -0.444 e. The van der Waals surface area contributed by atoms with Crippen molar-refractivity contribution in [2.24, 2.45) is 5.73 Å². The number of hydrogen-bond donors (Lipinski definition) is 1. The van der Waals surface area contributed by atoms with Crippen LogP contribution in [-0.4, -0.2) is 22.6 Å². The number of halogens is 2. The summed E-state index contributed by atoms with van der Waals surface area (Å²) in [6, 6.07) is 10.9. The van der Waals surface area contributed by atoms with Crippen LogP contribution in [0, 0.1) is 0 Å². The van der Waals surface area contributed by atoms with Gasteiger partial charge in [-0.15, -0.1) is 0 Å². The fraction of sp³-hybridized carbons (Fsp3) is 0.133. The Bertz CT molecular complexity index is 698. The minimum absolute atomic E-state index is 0.123. The van der Waals surface area contributed by atoms with E-state index in [4.69, 9.17) is 10.5 Å². The van der Waals surface area contributed by atoms with Crippen molar-refractivity contribution in [3.05, 3.63) is 59.8 Å². The number of ether oxygens (including phenoxy) is 1. The Morgan fingerprint density at radius 3 is 2.43 bits per heavy atom. The summed E-state index contributed by atoms with van der Waals surface area (Å²) >= 11 is 0.123. The molecule has 1 aromatic heterocycles. The molecule has 0 saturated carbocycles. The Balaban J connectivity index is 2.25. The highest BCUT2D eigenvalue weighted by Crippen LogP contribution is 2.28. The number of carbonyl (C=O) groups excluding carboxylic acids is 2. The minimum atomic E-state index is -2.74. The molecule has 0 saturated heterocycles. The molecule has 0 bridgehead atoms. The number of alkyl halides is 2. The lowest BCUT2D eigenvalue weighted by Crippen LogP contribution is -2.26. The number of aromatic nitrogens is 1. The van der Waals surface area contributed by atoms with Gasteiger partial charge >= 0.3 is 5.97 Å². The monoisotopic (exact) mass is 338 g/mol. The van der Waals surface area contributed by atoms with Crippen LogP contribution in [0.15, 0.2) is 53.7 Å². The molecule has 8 heteroatoms. The summed E-state index contributed by atoms with van der Waals surface area (Å²) in [7, 11) is 0. The largest absolute Gasteiger partial charge is 0.444 e. The molecule has 120 valence electrons. The number of amides is 1. The van der Waals surface area contributed by atoms with Gasteiger partial charge in [-0.1, -0.05) is 30.3 Å². The number of thioether (sulfide) groups is 1. The lowest BCUT2D eigenvalue weighted by atomic mass is 10.1. The van der Waals surface area contributed by atoms with Gasteiger partial charge in [-0.25, -0.2) is 9.78 Å². The van der Waals surface area contributed by atoms with E-state index in [1.54, 1.807) is 30.3 Å². The Morgan fingerprint density at radius 1 is 1.13 bits per heavy atom. The van der Waals surface area contributed by atoms with Crippen LogP contribution < -0.4 is 5.73 Å². The van der Waals surface area contributed by atoms with E-state index in [1.165, 1.54) is 18.3 Å². The lowest BCUT2D eigenvalue weighted by Gasteiger charge is -2.15. The maximum absolute atomic E-state index is 12.5. The number of carbonyl (C=O) groups is 2. The highest BCUT2D eigenvalue weighted by atomic mass is 32.2. The zero-order chi connectivity index (χ0) is 16.8. The molecule has 1 unspecified atom stereocenters. The summed E-state index contributed by atoms with van der Waals surface area (Å²) in [4.78, 5) is 27.5. The average Bonchev–Trinajstić information content (AvgIpc) is 2.53. The fourth-order valence-electron chi connectivity index (χ4n) is 1.81. The van der Waals surface area contributed by atoms with E-state index in [-0.39, 0.29) is 22.4 Å². The summed E-state index contributed by atoms with van der Waals surface area (Å²) in [6.45, 7) is 0. The Hall–Kier alpha value is -2.48. The number of primary amides is 1. The van der Waals surface area contributed by atoms with Crippen LogP contribution >= 0.6 is 11.8 Å². The second-order valence-electron chi connectivity index (χ2n) is 4.33. The van der Waals surface area contributed by atoms with E-state index in [0.29, 0.717) is 5.56 Å². The molecule has 2 aromatic rings. The number of esters is 1. The third-order valence-electron chi connectivity index (χ3n) is 2.78. The van der Waals surface area contributed by atoms with Crippen molar-refractivity contribution in [1.82, 2.24) is 4.98 Å². The van der Waals surface area contributed by atoms with Gasteiger partial charge in [0.25, 0.3) is 11.7 Å². The molecule has 0 aliphatic rings. The number of pyridine rings is 1. The zero-order valence-corrected chi connectivity index (χ0v) is 12.5. The van der Waals surface area contributed by atoms with Crippen LogP contribution in [0.4, 0.5) is 8.78 Å². The molecule has 2 N–H and O–H groups in total. The van der Waals surface area contributed by atoms with Gasteiger partial charge in [0, 0.05) is 11.8 Å². The second-order valence-corrected chi connectivity index (χ2v) is 5.31. The van der Waals surface area contributed by atoms with Gasteiger partial charge in [0.15, 0.2) is 0 Å². The van der Waals surface area contributed by atoms with Crippen molar-refractivity contribution < 1.29 is 23.1 Å². The van der Waals surface area contributed by atoms with Crippen molar-refractivity contribution >= 4 is 23.6 Å². The third-order valence-corrected chi connectivity index (χ3v) is 3.50. The van der Waals surface area contributed by atoms with Crippen LogP contribution in [0.3, 0.4) is 0 Å². The molecule has 0 fully saturated rings. The molecule has 2 rings (SSSR count). The van der Waals surface area contributed by atoms with Crippen molar-refractivity contribution in [3.63, 3.8) is 0 Å². The zero-order valence-electron chi connectivity index (χ0n) is 11.7. The first-order valence-corrected chi connectivity index (χ1v) is 7.32. The first-order chi connectivity index (χ1) is 11.0. The van der Waals surface area contributed by atoms with E-state index in [0.717, 1.165) is 0 Å². The van der Waals surface area contributed by atoms with Gasteiger partial charge in [0.1, 0.15) is 5.03 Å². The fourth-order valence-corrected chi connectivity index (χ4v) is 2.38. The molecule has 23 heavy (non-hydrogen) atoms. The second kappa shape index (κ2) is 7.68. The van der Waals surface area contributed by atoms with E-state index >= 15 is 0 Å². The van der Waals surface area contributed by atoms with Crippen LogP contribution in [0.1, 0.15) is 22.0 Å². The first kappa shape index (κ1) is 16.9. The van der Waals surface area contributed by atoms with Crippen molar-refractivity contribution in [1.29, 1.82) is 0 Å².